The fourth-order valence-electron chi connectivity index (χ4n) is 3.58. The summed E-state index contributed by atoms with van der Waals surface area (Å²) in [7, 11) is -2.60. The van der Waals surface area contributed by atoms with E-state index in [2.05, 4.69) is 9.72 Å². The van der Waals surface area contributed by atoms with Crippen molar-refractivity contribution in [2.24, 2.45) is 0 Å². The lowest BCUT2D eigenvalue weighted by atomic mass is 10.1. The summed E-state index contributed by atoms with van der Waals surface area (Å²) in [4.78, 5) is 16.0. The number of pyridine rings is 1. The Morgan fingerprint density at radius 1 is 1.10 bits per heavy atom. The standard InChI is InChI=1S/C22H19ClN2O4S/c1-29-22(26)11-5-8-16-14-18-19(12-13-21(23)24-18)25(16)30(27,28)20-10-4-7-15-6-2-3-9-17(15)20/h2-4,6-7,9-10,12-14H,5,8,11H2,1H3. The van der Waals surface area contributed by atoms with Crippen LogP contribution in [0.4, 0.5) is 0 Å². The monoisotopic (exact) mass is 442 g/mol. The van der Waals surface area contributed by atoms with E-state index in [4.69, 9.17) is 11.6 Å². The highest BCUT2D eigenvalue weighted by Crippen LogP contribution is 2.30. The second kappa shape index (κ2) is 8.08. The highest BCUT2D eigenvalue weighted by molar-refractivity contribution is 7.90. The van der Waals surface area contributed by atoms with Crippen molar-refractivity contribution in [1.29, 1.82) is 0 Å². The lowest BCUT2D eigenvalue weighted by Crippen LogP contribution is -2.16. The van der Waals surface area contributed by atoms with Gasteiger partial charge in [0.1, 0.15) is 5.15 Å². The molecule has 0 spiro atoms. The number of aromatic nitrogens is 2. The van der Waals surface area contributed by atoms with E-state index >= 15 is 0 Å². The average Bonchev–Trinajstić information content (AvgIpc) is 3.11. The van der Waals surface area contributed by atoms with Crippen LogP contribution in [0, 0.1) is 0 Å². The quantitative estimate of drug-likeness (QED) is 0.322. The van der Waals surface area contributed by atoms with Crippen LogP contribution >= 0.6 is 11.6 Å². The summed E-state index contributed by atoms with van der Waals surface area (Å²) >= 11 is 6.02. The van der Waals surface area contributed by atoms with Crippen LogP contribution in [0.3, 0.4) is 0 Å². The Balaban J connectivity index is 1.89. The highest BCUT2D eigenvalue weighted by atomic mass is 35.5. The van der Waals surface area contributed by atoms with Gasteiger partial charge in [-0.1, -0.05) is 48.0 Å². The van der Waals surface area contributed by atoms with Gasteiger partial charge < -0.3 is 4.74 Å². The molecule has 0 amide bonds. The normalized spacial score (nSPS) is 11.8. The molecule has 0 unspecified atom stereocenters. The minimum absolute atomic E-state index is 0.195. The zero-order valence-corrected chi connectivity index (χ0v) is 17.8. The smallest absolute Gasteiger partial charge is 0.305 e. The number of hydrogen-bond acceptors (Lipinski definition) is 5. The molecule has 0 bridgehead atoms. The Morgan fingerprint density at radius 3 is 2.67 bits per heavy atom. The molecule has 0 atom stereocenters. The van der Waals surface area contributed by atoms with Crippen molar-refractivity contribution >= 4 is 49.4 Å². The molecule has 30 heavy (non-hydrogen) atoms. The number of aryl methyl sites for hydroxylation is 1. The van der Waals surface area contributed by atoms with Crippen LogP contribution < -0.4 is 0 Å². The number of fused-ring (bicyclic) bond motifs is 2. The predicted octanol–water partition coefficient (Wildman–Crippen LogP) is 4.58. The topological polar surface area (TPSA) is 78.3 Å². The molecule has 2 heterocycles. The molecule has 0 aliphatic rings. The molecule has 0 fully saturated rings. The summed E-state index contributed by atoms with van der Waals surface area (Å²) in [6.07, 6.45) is 1.01. The van der Waals surface area contributed by atoms with Crippen molar-refractivity contribution in [3.63, 3.8) is 0 Å². The summed E-state index contributed by atoms with van der Waals surface area (Å²) in [5, 5.41) is 1.76. The molecule has 0 radical (unpaired) electrons. The van der Waals surface area contributed by atoms with Gasteiger partial charge in [-0.05, 0) is 42.5 Å². The SMILES string of the molecule is COC(=O)CCCc1cc2nc(Cl)ccc2n1S(=O)(=O)c1cccc2ccccc12. The maximum atomic E-state index is 13.8. The van der Waals surface area contributed by atoms with Gasteiger partial charge >= 0.3 is 5.97 Å². The fourth-order valence-corrected chi connectivity index (χ4v) is 5.52. The second-order valence-corrected chi connectivity index (χ2v) is 8.99. The van der Waals surface area contributed by atoms with Gasteiger partial charge in [0.05, 0.1) is 23.0 Å². The van der Waals surface area contributed by atoms with Crippen molar-refractivity contribution in [3.8, 4) is 0 Å². The molecule has 0 saturated carbocycles. The number of ether oxygens (including phenoxy) is 1. The molecular formula is C22H19ClN2O4S. The Morgan fingerprint density at radius 2 is 1.87 bits per heavy atom. The number of methoxy groups -OCH3 is 1. The summed E-state index contributed by atoms with van der Waals surface area (Å²) in [5.74, 6) is -0.337. The number of hydrogen-bond donors (Lipinski definition) is 0. The molecular weight excluding hydrogens is 424 g/mol. The van der Waals surface area contributed by atoms with Crippen LogP contribution in [0.2, 0.25) is 5.15 Å². The lowest BCUT2D eigenvalue weighted by Gasteiger charge is -2.14. The largest absolute Gasteiger partial charge is 0.469 e. The van der Waals surface area contributed by atoms with Crippen LogP contribution in [-0.2, 0) is 26.0 Å². The molecule has 8 heteroatoms. The Bertz CT molecular complexity index is 1360. The van der Waals surface area contributed by atoms with Crippen molar-refractivity contribution in [2.75, 3.05) is 7.11 Å². The summed E-state index contributed by atoms with van der Waals surface area (Å²) in [6.45, 7) is 0. The van der Waals surface area contributed by atoms with Gasteiger partial charge in [0.15, 0.2) is 0 Å². The van der Waals surface area contributed by atoms with E-state index in [-0.39, 0.29) is 22.4 Å². The van der Waals surface area contributed by atoms with Crippen molar-refractivity contribution in [2.45, 2.75) is 24.2 Å². The molecule has 0 aliphatic heterocycles. The number of nitrogens with zero attached hydrogens (tertiary/aromatic N) is 2. The van der Waals surface area contributed by atoms with Gasteiger partial charge in [-0.3, -0.25) is 4.79 Å². The van der Waals surface area contributed by atoms with Crippen LogP contribution in [0.5, 0.6) is 0 Å². The van der Waals surface area contributed by atoms with Gasteiger partial charge in [0.2, 0.25) is 0 Å². The maximum Gasteiger partial charge on any atom is 0.305 e. The Hall–Kier alpha value is -2.90. The minimum Gasteiger partial charge on any atom is -0.469 e. The van der Waals surface area contributed by atoms with Gasteiger partial charge in [0.25, 0.3) is 10.0 Å². The number of rotatable bonds is 6. The van der Waals surface area contributed by atoms with E-state index in [1.165, 1.54) is 11.1 Å². The van der Waals surface area contributed by atoms with Gasteiger partial charge in [-0.15, -0.1) is 0 Å². The van der Waals surface area contributed by atoms with E-state index in [0.717, 1.165) is 5.39 Å². The van der Waals surface area contributed by atoms with Crippen LogP contribution in [0.15, 0.2) is 65.6 Å². The number of halogens is 1. The number of esters is 1. The first-order valence-corrected chi connectivity index (χ1v) is 11.2. The van der Waals surface area contributed by atoms with Crippen molar-refractivity contribution < 1.29 is 17.9 Å². The van der Waals surface area contributed by atoms with E-state index in [1.54, 1.807) is 36.4 Å². The zero-order chi connectivity index (χ0) is 21.3. The van der Waals surface area contributed by atoms with E-state index < -0.39 is 10.0 Å². The summed E-state index contributed by atoms with van der Waals surface area (Å²) < 4.78 is 33.6. The van der Waals surface area contributed by atoms with Crippen LogP contribution in [0.25, 0.3) is 21.8 Å². The van der Waals surface area contributed by atoms with E-state index in [9.17, 15) is 13.2 Å². The fraction of sp³-hybridized carbons (Fsp3) is 0.182. The molecule has 0 aliphatic carbocycles. The average molecular weight is 443 g/mol. The summed E-state index contributed by atoms with van der Waals surface area (Å²) in [5.41, 5.74) is 1.47. The predicted molar refractivity (Wildman–Crippen MR) is 116 cm³/mol. The van der Waals surface area contributed by atoms with Crippen molar-refractivity contribution in [3.05, 3.63) is 71.5 Å². The first kappa shape index (κ1) is 20.4. The third-order valence-corrected chi connectivity index (χ3v) is 7.00. The van der Waals surface area contributed by atoms with Gasteiger partial charge in [-0.2, -0.15) is 0 Å². The molecule has 0 saturated heterocycles. The van der Waals surface area contributed by atoms with Crippen molar-refractivity contribution in [1.82, 2.24) is 8.96 Å². The molecule has 6 nitrogen and oxygen atoms in total. The minimum atomic E-state index is -3.93. The van der Waals surface area contributed by atoms with E-state index in [0.29, 0.717) is 35.0 Å². The van der Waals surface area contributed by atoms with Crippen LogP contribution in [-0.4, -0.2) is 30.5 Å². The third kappa shape index (κ3) is 3.66. The molecule has 4 rings (SSSR count). The molecule has 4 aromatic rings. The maximum absolute atomic E-state index is 13.8. The third-order valence-electron chi connectivity index (χ3n) is 4.96. The molecule has 154 valence electrons. The zero-order valence-electron chi connectivity index (χ0n) is 16.2. The number of benzene rings is 2. The second-order valence-electron chi connectivity index (χ2n) is 6.85. The first-order valence-electron chi connectivity index (χ1n) is 9.39. The first-order chi connectivity index (χ1) is 14.4. The number of carbonyl (C=O) groups excluding carboxylic acids is 1. The molecule has 0 N–H and O–H groups in total. The Labute approximate surface area is 179 Å². The van der Waals surface area contributed by atoms with E-state index in [1.807, 2.05) is 24.3 Å². The summed E-state index contributed by atoms with van der Waals surface area (Å²) in [6, 6.07) is 17.5. The molecule has 2 aromatic heterocycles. The lowest BCUT2D eigenvalue weighted by molar-refractivity contribution is -0.140. The highest BCUT2D eigenvalue weighted by Gasteiger charge is 2.25. The molecule has 2 aromatic carbocycles. The van der Waals surface area contributed by atoms with Gasteiger partial charge in [0, 0.05) is 17.5 Å². The Kier molecular flexibility index (Phi) is 5.49. The van der Waals surface area contributed by atoms with Crippen LogP contribution in [0.1, 0.15) is 18.5 Å². The number of carbonyl (C=O) groups is 1. The van der Waals surface area contributed by atoms with Gasteiger partial charge in [-0.25, -0.2) is 17.4 Å².